The van der Waals surface area contributed by atoms with Crippen molar-refractivity contribution in [3.8, 4) is 0 Å². The smallest absolute Gasteiger partial charge is 0.306 e. The third-order valence-electron chi connectivity index (χ3n) is 11.4. The first-order valence-corrected chi connectivity index (χ1v) is 26.2. The normalized spacial score (nSPS) is 12.4. The molecule has 0 aromatic heterocycles. The summed E-state index contributed by atoms with van der Waals surface area (Å²) in [5, 5.41) is 0. The zero-order chi connectivity index (χ0) is 44.4. The van der Waals surface area contributed by atoms with Crippen molar-refractivity contribution in [3.63, 3.8) is 0 Å². The van der Waals surface area contributed by atoms with Gasteiger partial charge in [0.2, 0.25) is 0 Å². The number of allylic oxidation sites excluding steroid dienone is 8. The fraction of sp³-hybridized carbons (Fsp3) is 0.800. The minimum absolute atomic E-state index is 0.0842. The molecule has 6 heteroatoms. The lowest BCUT2D eigenvalue weighted by atomic mass is 10.0. The third kappa shape index (κ3) is 48.3. The number of hydrogen-bond acceptors (Lipinski definition) is 6. The zero-order valence-corrected chi connectivity index (χ0v) is 40.4. The first-order valence-electron chi connectivity index (χ1n) is 26.2. The molecule has 0 aliphatic heterocycles. The van der Waals surface area contributed by atoms with Gasteiger partial charge in [0.1, 0.15) is 13.2 Å². The van der Waals surface area contributed by atoms with Crippen molar-refractivity contribution in [2.75, 3.05) is 13.2 Å². The molecule has 354 valence electrons. The van der Waals surface area contributed by atoms with E-state index in [2.05, 4.69) is 69.4 Å². The first kappa shape index (κ1) is 58.4. The number of unbranched alkanes of at least 4 members (excludes halogenated alkanes) is 30. The van der Waals surface area contributed by atoms with Gasteiger partial charge in [-0.3, -0.25) is 14.4 Å². The van der Waals surface area contributed by atoms with Crippen LogP contribution in [0.3, 0.4) is 0 Å². The molecule has 1 unspecified atom stereocenters. The minimum atomic E-state index is -0.786. The summed E-state index contributed by atoms with van der Waals surface area (Å²) in [5.41, 5.74) is 0. The fourth-order valence-corrected chi connectivity index (χ4v) is 7.35. The van der Waals surface area contributed by atoms with Crippen molar-refractivity contribution in [1.82, 2.24) is 0 Å². The second-order valence-electron chi connectivity index (χ2n) is 17.5. The number of ether oxygens (including phenoxy) is 3. The molecular weight excluding hydrogens is 757 g/mol. The molecule has 0 aromatic rings. The molecule has 6 nitrogen and oxygen atoms in total. The molecule has 0 saturated carbocycles. The van der Waals surface area contributed by atoms with Crippen LogP contribution in [0.2, 0.25) is 0 Å². The maximum absolute atomic E-state index is 12.8. The molecular formula is C55H98O6. The Morgan fingerprint density at radius 3 is 0.967 bits per heavy atom. The Morgan fingerprint density at radius 2 is 0.590 bits per heavy atom. The van der Waals surface area contributed by atoms with Crippen LogP contribution in [0, 0.1) is 0 Å². The number of rotatable bonds is 47. The predicted octanol–water partition coefficient (Wildman–Crippen LogP) is 17.1. The van der Waals surface area contributed by atoms with Crippen molar-refractivity contribution in [2.24, 2.45) is 0 Å². The lowest BCUT2D eigenvalue weighted by molar-refractivity contribution is -0.167. The number of hydrogen-bond donors (Lipinski definition) is 0. The molecule has 0 saturated heterocycles. The highest BCUT2D eigenvalue weighted by atomic mass is 16.6. The standard InChI is InChI=1S/C55H98O6/c1-4-7-10-13-16-19-22-24-26-27-29-30-33-36-39-42-45-48-54(57)60-51-52(50-59-53(56)47-44-41-38-35-32-21-18-15-12-9-6-3)61-55(58)49-46-43-40-37-34-31-28-25-23-20-17-14-11-8-5-2/h15,17-18,20-21,23,25,32,52H,4-14,16,19,22,24,26-31,33-51H2,1-3H3/b18-15-,20-17-,25-23-,32-21-. The van der Waals surface area contributed by atoms with Gasteiger partial charge in [0.25, 0.3) is 0 Å². The van der Waals surface area contributed by atoms with Crippen LogP contribution in [0.4, 0.5) is 0 Å². The van der Waals surface area contributed by atoms with Gasteiger partial charge in [-0.05, 0) is 64.2 Å². The number of esters is 3. The van der Waals surface area contributed by atoms with Crippen molar-refractivity contribution in [2.45, 2.75) is 271 Å². The molecule has 0 bridgehead atoms. The van der Waals surface area contributed by atoms with Crippen molar-refractivity contribution in [3.05, 3.63) is 48.6 Å². The summed E-state index contributed by atoms with van der Waals surface area (Å²) in [5.74, 6) is -0.917. The quantitative estimate of drug-likeness (QED) is 0.0263. The molecule has 0 aliphatic rings. The van der Waals surface area contributed by atoms with Gasteiger partial charge in [0.05, 0.1) is 0 Å². The van der Waals surface area contributed by atoms with Crippen LogP contribution < -0.4 is 0 Å². The van der Waals surface area contributed by atoms with Crippen LogP contribution in [0.15, 0.2) is 48.6 Å². The topological polar surface area (TPSA) is 78.9 Å². The monoisotopic (exact) mass is 855 g/mol. The molecule has 0 fully saturated rings. The molecule has 0 aliphatic carbocycles. The van der Waals surface area contributed by atoms with Crippen molar-refractivity contribution < 1.29 is 28.6 Å². The predicted molar refractivity (Wildman–Crippen MR) is 261 cm³/mol. The van der Waals surface area contributed by atoms with Crippen molar-refractivity contribution >= 4 is 17.9 Å². The molecule has 61 heavy (non-hydrogen) atoms. The average molecular weight is 855 g/mol. The fourth-order valence-electron chi connectivity index (χ4n) is 7.35. The highest BCUT2D eigenvalue weighted by molar-refractivity contribution is 5.71. The zero-order valence-electron chi connectivity index (χ0n) is 40.4. The Kier molecular flexibility index (Phi) is 47.9. The van der Waals surface area contributed by atoms with Gasteiger partial charge in [-0.1, -0.05) is 230 Å². The van der Waals surface area contributed by atoms with E-state index in [0.717, 1.165) is 83.5 Å². The molecule has 0 rings (SSSR count). The van der Waals surface area contributed by atoms with Gasteiger partial charge in [-0.25, -0.2) is 0 Å². The van der Waals surface area contributed by atoms with Crippen LogP contribution in [0.5, 0.6) is 0 Å². The minimum Gasteiger partial charge on any atom is -0.462 e. The van der Waals surface area contributed by atoms with Crippen molar-refractivity contribution in [1.29, 1.82) is 0 Å². The lowest BCUT2D eigenvalue weighted by Gasteiger charge is -2.18. The summed E-state index contributed by atoms with van der Waals surface area (Å²) < 4.78 is 16.8. The Hall–Kier alpha value is -2.63. The second-order valence-corrected chi connectivity index (χ2v) is 17.5. The van der Waals surface area contributed by atoms with E-state index in [1.54, 1.807) is 0 Å². The van der Waals surface area contributed by atoms with E-state index < -0.39 is 6.10 Å². The second kappa shape index (κ2) is 50.0. The molecule has 0 heterocycles. The SMILES string of the molecule is CCCC/C=C\C=C/CCCCCC(=O)OCC(COC(=O)CCCCCCCCCCCCCCCCCCC)OC(=O)CCCCCCCC/C=C\C=C/CCCCC. The van der Waals surface area contributed by atoms with E-state index in [9.17, 15) is 14.4 Å². The Morgan fingerprint density at radius 1 is 0.328 bits per heavy atom. The molecule has 0 radical (unpaired) electrons. The van der Waals surface area contributed by atoms with Crippen LogP contribution in [0.1, 0.15) is 265 Å². The van der Waals surface area contributed by atoms with E-state index in [4.69, 9.17) is 14.2 Å². The van der Waals surface area contributed by atoms with E-state index in [0.29, 0.717) is 19.3 Å². The lowest BCUT2D eigenvalue weighted by Crippen LogP contribution is -2.30. The van der Waals surface area contributed by atoms with Crippen LogP contribution >= 0.6 is 0 Å². The maximum Gasteiger partial charge on any atom is 0.306 e. The summed E-state index contributed by atoms with van der Waals surface area (Å²) >= 11 is 0. The molecule has 0 spiro atoms. The third-order valence-corrected chi connectivity index (χ3v) is 11.4. The summed E-state index contributed by atoms with van der Waals surface area (Å²) in [7, 11) is 0. The van der Waals surface area contributed by atoms with Gasteiger partial charge < -0.3 is 14.2 Å². The maximum atomic E-state index is 12.8. The summed E-state index contributed by atoms with van der Waals surface area (Å²) in [4.78, 5) is 37.9. The van der Waals surface area contributed by atoms with Gasteiger partial charge in [-0.15, -0.1) is 0 Å². The van der Waals surface area contributed by atoms with Gasteiger partial charge >= 0.3 is 17.9 Å². The van der Waals surface area contributed by atoms with Gasteiger partial charge in [-0.2, -0.15) is 0 Å². The number of carbonyl (C=O) groups excluding carboxylic acids is 3. The summed E-state index contributed by atoms with van der Waals surface area (Å²) in [6.07, 6.45) is 59.5. The number of carbonyl (C=O) groups is 3. The van der Waals surface area contributed by atoms with Gasteiger partial charge in [0.15, 0.2) is 6.10 Å². The van der Waals surface area contributed by atoms with E-state index in [-0.39, 0.29) is 31.1 Å². The summed E-state index contributed by atoms with van der Waals surface area (Å²) in [6.45, 7) is 6.54. The Bertz CT molecular complexity index is 1070. The molecule has 1 atom stereocenters. The van der Waals surface area contributed by atoms with E-state index in [1.165, 1.54) is 141 Å². The van der Waals surface area contributed by atoms with Crippen LogP contribution in [-0.2, 0) is 28.6 Å². The van der Waals surface area contributed by atoms with Crippen LogP contribution in [0.25, 0.3) is 0 Å². The van der Waals surface area contributed by atoms with E-state index in [1.807, 2.05) is 0 Å². The largest absolute Gasteiger partial charge is 0.462 e. The summed E-state index contributed by atoms with van der Waals surface area (Å²) in [6, 6.07) is 0. The highest BCUT2D eigenvalue weighted by Gasteiger charge is 2.19. The Labute approximate surface area is 378 Å². The molecule has 0 N–H and O–H groups in total. The molecule has 0 amide bonds. The van der Waals surface area contributed by atoms with Gasteiger partial charge in [0, 0.05) is 19.3 Å². The highest BCUT2D eigenvalue weighted by Crippen LogP contribution is 2.16. The van der Waals surface area contributed by atoms with Crippen LogP contribution in [-0.4, -0.2) is 37.2 Å². The van der Waals surface area contributed by atoms with E-state index >= 15 is 0 Å². The average Bonchev–Trinajstić information content (AvgIpc) is 3.26. The Balaban J connectivity index is 4.37. The first-order chi connectivity index (χ1) is 30.0. The molecule has 0 aromatic carbocycles.